The van der Waals surface area contributed by atoms with Crippen LogP contribution in [0, 0.1) is 0 Å². The molecule has 0 aliphatic rings. The van der Waals surface area contributed by atoms with E-state index in [0.29, 0.717) is 19.3 Å². The maximum absolute atomic E-state index is 12.9. The van der Waals surface area contributed by atoms with E-state index in [1.54, 1.807) is 0 Å². The zero-order valence-electron chi connectivity index (χ0n) is 53.4. The molecule has 0 heterocycles. The van der Waals surface area contributed by atoms with Crippen molar-refractivity contribution < 1.29 is 28.6 Å². The third kappa shape index (κ3) is 67.4. The number of rotatable bonds is 59. The molecule has 0 aromatic carbocycles. The van der Waals surface area contributed by atoms with Gasteiger partial charge in [-0.05, 0) is 128 Å². The molecular formula is C77H122O6. The van der Waals surface area contributed by atoms with Crippen LogP contribution in [0.3, 0.4) is 0 Å². The quantitative estimate of drug-likeness (QED) is 0.0261. The van der Waals surface area contributed by atoms with Crippen molar-refractivity contribution in [2.24, 2.45) is 0 Å². The predicted octanol–water partition coefficient (Wildman–Crippen LogP) is 23.4. The van der Waals surface area contributed by atoms with Crippen molar-refractivity contribution in [3.8, 4) is 0 Å². The van der Waals surface area contributed by atoms with Gasteiger partial charge in [0.05, 0.1) is 0 Å². The fourth-order valence-corrected chi connectivity index (χ4v) is 8.77. The largest absolute Gasteiger partial charge is 0.462 e. The van der Waals surface area contributed by atoms with E-state index in [0.717, 1.165) is 135 Å². The lowest BCUT2D eigenvalue weighted by atomic mass is 10.0. The van der Waals surface area contributed by atoms with Crippen LogP contribution in [0.1, 0.15) is 278 Å². The average Bonchev–Trinajstić information content (AvgIpc) is 3.49. The van der Waals surface area contributed by atoms with Gasteiger partial charge in [0.1, 0.15) is 13.2 Å². The molecule has 6 heteroatoms. The van der Waals surface area contributed by atoms with Crippen molar-refractivity contribution in [3.63, 3.8) is 0 Å². The summed E-state index contributed by atoms with van der Waals surface area (Å²) in [5.74, 6) is -0.973. The minimum Gasteiger partial charge on any atom is -0.462 e. The lowest BCUT2D eigenvalue weighted by Crippen LogP contribution is -2.30. The maximum Gasteiger partial charge on any atom is 0.306 e. The molecule has 1 unspecified atom stereocenters. The van der Waals surface area contributed by atoms with Crippen molar-refractivity contribution in [2.45, 2.75) is 284 Å². The van der Waals surface area contributed by atoms with Crippen LogP contribution in [0.2, 0.25) is 0 Å². The smallest absolute Gasteiger partial charge is 0.306 e. The van der Waals surface area contributed by atoms with E-state index in [1.165, 1.54) is 96.3 Å². The predicted molar refractivity (Wildman–Crippen MR) is 361 cm³/mol. The maximum atomic E-state index is 12.9. The Hall–Kier alpha value is -5.23. The average molecular weight is 1140 g/mol. The number of hydrogen-bond donors (Lipinski definition) is 0. The topological polar surface area (TPSA) is 78.9 Å². The lowest BCUT2D eigenvalue weighted by Gasteiger charge is -2.18. The molecule has 0 bridgehead atoms. The van der Waals surface area contributed by atoms with Crippen LogP contribution in [-0.4, -0.2) is 37.2 Å². The molecule has 0 aromatic rings. The zero-order valence-corrected chi connectivity index (χ0v) is 53.4. The number of ether oxygens (including phenoxy) is 3. The van der Waals surface area contributed by atoms with Crippen LogP contribution in [0.4, 0.5) is 0 Å². The summed E-state index contributed by atoms with van der Waals surface area (Å²) in [6.07, 6.45) is 102. The van der Waals surface area contributed by atoms with Gasteiger partial charge in [-0.2, -0.15) is 0 Å². The highest BCUT2D eigenvalue weighted by atomic mass is 16.6. The third-order valence-electron chi connectivity index (χ3n) is 13.7. The molecule has 0 aliphatic heterocycles. The van der Waals surface area contributed by atoms with E-state index >= 15 is 0 Å². The van der Waals surface area contributed by atoms with Gasteiger partial charge in [-0.25, -0.2) is 0 Å². The minimum atomic E-state index is -0.810. The monoisotopic (exact) mass is 1140 g/mol. The second kappa shape index (κ2) is 69.3. The van der Waals surface area contributed by atoms with Crippen molar-refractivity contribution in [1.82, 2.24) is 0 Å². The van der Waals surface area contributed by atoms with E-state index in [2.05, 4.69) is 191 Å². The second-order valence-corrected chi connectivity index (χ2v) is 21.6. The SMILES string of the molecule is CC/C=C\C/C=C\C/C=C\C/C=C\C/C=C\C/C=C\C/C=C\C/C=C\C/C=C\CCCC(=O)OCC(COC(=O)CCCCCCCCCCC)OC(=O)CCCCCCCCCCCCC/C=C\C/C=C\C/C=C\C/C=C\C/C=C\CC. The van der Waals surface area contributed by atoms with Gasteiger partial charge >= 0.3 is 17.9 Å². The number of hydrogen-bond acceptors (Lipinski definition) is 6. The molecule has 0 saturated carbocycles. The summed E-state index contributed by atoms with van der Waals surface area (Å²) in [6, 6.07) is 0. The standard InChI is InChI=1S/C77H122O6/c1-4-7-10-13-16-19-21-23-25-27-29-31-33-35-37-38-40-41-43-45-47-49-51-53-55-58-61-64-67-70-76(79)82-73-74(72-81-75(78)69-66-63-60-57-18-15-12-9-6-3)83-77(80)71-68-65-62-59-56-54-52-50-48-46-44-42-39-36-34-32-30-28-26-24-22-20-17-14-11-8-5-2/h7-8,10-11,16-17,19-20,23-26,29-32,35-37,39-41,45,47,51,53,58,61,74H,4-6,9,12-15,18,21-22,27-28,33-34,38,42-44,46,48-50,52,54-57,59-60,62-73H2,1-3H3/b10-7-,11-8-,19-16-,20-17-,25-23-,26-24-,31-29-,32-30-,37-35-,39-36-,41-40-,47-45-,53-51-,61-58-. The van der Waals surface area contributed by atoms with Crippen LogP contribution in [0.15, 0.2) is 170 Å². The summed E-state index contributed by atoms with van der Waals surface area (Å²) in [4.78, 5) is 38.2. The molecule has 466 valence electrons. The molecule has 1 atom stereocenters. The molecule has 0 rings (SSSR count). The fourth-order valence-electron chi connectivity index (χ4n) is 8.77. The summed E-state index contributed by atoms with van der Waals surface area (Å²) in [5.41, 5.74) is 0. The van der Waals surface area contributed by atoms with Crippen LogP contribution < -0.4 is 0 Å². The molecule has 0 saturated heterocycles. The van der Waals surface area contributed by atoms with Crippen molar-refractivity contribution in [2.75, 3.05) is 13.2 Å². The van der Waals surface area contributed by atoms with Gasteiger partial charge in [-0.15, -0.1) is 0 Å². The molecule has 6 nitrogen and oxygen atoms in total. The van der Waals surface area contributed by atoms with Crippen LogP contribution in [-0.2, 0) is 28.6 Å². The molecule has 0 radical (unpaired) electrons. The molecule has 0 aliphatic carbocycles. The summed E-state index contributed by atoms with van der Waals surface area (Å²) < 4.78 is 16.8. The first-order valence-corrected chi connectivity index (χ1v) is 33.6. The molecule has 0 N–H and O–H groups in total. The van der Waals surface area contributed by atoms with Crippen molar-refractivity contribution in [3.05, 3.63) is 170 Å². The molecule has 83 heavy (non-hydrogen) atoms. The Morgan fingerprint density at radius 3 is 0.783 bits per heavy atom. The highest BCUT2D eigenvalue weighted by Crippen LogP contribution is 2.15. The number of unbranched alkanes of at least 4 members (excludes halogenated alkanes) is 20. The fraction of sp³-hybridized carbons (Fsp3) is 0.597. The highest BCUT2D eigenvalue weighted by Gasteiger charge is 2.19. The number of allylic oxidation sites excluding steroid dienone is 28. The Kier molecular flexibility index (Phi) is 64.9. The first-order valence-electron chi connectivity index (χ1n) is 33.6. The van der Waals surface area contributed by atoms with Gasteiger partial charge in [-0.3, -0.25) is 14.4 Å². The number of carbonyl (C=O) groups is 3. The van der Waals surface area contributed by atoms with E-state index in [-0.39, 0.29) is 37.5 Å². The summed E-state index contributed by atoms with van der Waals surface area (Å²) >= 11 is 0. The van der Waals surface area contributed by atoms with E-state index < -0.39 is 6.10 Å². The Morgan fingerprint density at radius 1 is 0.253 bits per heavy atom. The first-order chi connectivity index (χ1) is 41.0. The van der Waals surface area contributed by atoms with Gasteiger partial charge in [0.15, 0.2) is 6.10 Å². The summed E-state index contributed by atoms with van der Waals surface area (Å²) in [7, 11) is 0. The Morgan fingerprint density at radius 2 is 0.482 bits per heavy atom. The van der Waals surface area contributed by atoms with E-state index in [1.807, 2.05) is 0 Å². The first kappa shape index (κ1) is 77.8. The van der Waals surface area contributed by atoms with Crippen LogP contribution in [0.5, 0.6) is 0 Å². The summed E-state index contributed by atoms with van der Waals surface area (Å²) in [6.45, 7) is 6.34. The van der Waals surface area contributed by atoms with Crippen LogP contribution in [0.25, 0.3) is 0 Å². The lowest BCUT2D eigenvalue weighted by molar-refractivity contribution is -0.167. The summed E-state index contributed by atoms with van der Waals surface area (Å²) in [5, 5.41) is 0. The van der Waals surface area contributed by atoms with Crippen LogP contribution >= 0.6 is 0 Å². The van der Waals surface area contributed by atoms with Gasteiger partial charge in [0.25, 0.3) is 0 Å². The normalized spacial score (nSPS) is 13.2. The van der Waals surface area contributed by atoms with Gasteiger partial charge in [-0.1, -0.05) is 300 Å². The van der Waals surface area contributed by atoms with Gasteiger partial charge in [0.2, 0.25) is 0 Å². The van der Waals surface area contributed by atoms with Crippen molar-refractivity contribution >= 4 is 17.9 Å². The van der Waals surface area contributed by atoms with E-state index in [9.17, 15) is 14.4 Å². The molecule has 0 amide bonds. The Balaban J connectivity index is 4.34. The Labute approximate surface area is 511 Å². The molecule has 0 aromatic heterocycles. The van der Waals surface area contributed by atoms with E-state index in [4.69, 9.17) is 14.2 Å². The third-order valence-corrected chi connectivity index (χ3v) is 13.7. The van der Waals surface area contributed by atoms with Crippen molar-refractivity contribution in [1.29, 1.82) is 0 Å². The Bertz CT molecular complexity index is 1890. The molecule has 0 fully saturated rings. The molecular weight excluding hydrogens is 1020 g/mol. The zero-order chi connectivity index (χ0) is 59.9. The molecule has 0 spiro atoms. The van der Waals surface area contributed by atoms with Gasteiger partial charge in [0, 0.05) is 19.3 Å². The minimum absolute atomic E-state index is 0.102. The highest BCUT2D eigenvalue weighted by molar-refractivity contribution is 5.71. The second-order valence-electron chi connectivity index (χ2n) is 21.6. The number of carbonyl (C=O) groups excluding carboxylic acids is 3. The van der Waals surface area contributed by atoms with Gasteiger partial charge < -0.3 is 14.2 Å². The number of esters is 3.